The maximum absolute atomic E-state index is 11.5. The molecule has 0 radical (unpaired) electrons. The second kappa shape index (κ2) is 15.9. The summed E-state index contributed by atoms with van der Waals surface area (Å²) < 4.78 is 59.0. The van der Waals surface area contributed by atoms with Crippen molar-refractivity contribution in [3.05, 3.63) is 241 Å². The van der Waals surface area contributed by atoms with Crippen LogP contribution in [-0.4, -0.2) is 9.55 Å². The van der Waals surface area contributed by atoms with E-state index in [-0.39, 0.29) is 16.7 Å². The first-order valence-corrected chi connectivity index (χ1v) is 23.8. The Morgan fingerprint density at radius 3 is 1.34 bits per heavy atom. The zero-order valence-electron chi connectivity index (χ0n) is 44.2. The second-order valence-corrected chi connectivity index (χ2v) is 18.3. The number of pyridine rings is 1. The molecule has 0 N–H and O–H groups in total. The van der Waals surface area contributed by atoms with E-state index in [0.29, 0.717) is 38.9 Å². The fourth-order valence-electron chi connectivity index (χ4n) is 11.7. The predicted molar refractivity (Wildman–Crippen MR) is 294 cm³/mol. The Labute approximate surface area is 421 Å². The van der Waals surface area contributed by atoms with E-state index in [2.05, 4.69) is 95.6 Å². The summed E-state index contributed by atoms with van der Waals surface area (Å²) in [5.74, 6) is 0. The summed E-state index contributed by atoms with van der Waals surface area (Å²) in [4.78, 5) is 4.89. The fraction of sp³-hybridized carbons (Fsp3) is 0.0294. The number of nitriles is 1. The molecular weight excluding hydrogens is 859 g/mol. The molecule has 0 bridgehead atoms. The van der Waals surface area contributed by atoms with Crippen molar-refractivity contribution >= 4 is 21.8 Å². The number of fused-ring (bicyclic) bond motifs is 19. The van der Waals surface area contributed by atoms with Gasteiger partial charge in [0.1, 0.15) is 6.07 Å². The summed E-state index contributed by atoms with van der Waals surface area (Å²) in [6.07, 6.45) is 1.75. The van der Waals surface area contributed by atoms with Crippen LogP contribution in [0.4, 0.5) is 0 Å². The SMILES string of the molecule is [2H]C([2H])([2H])c1c(-c2cccc(-c3ccc4c(c3C([2H])([2H])[2H])-c3ccccc3-c3ccccc3-c3ncccc3-4)c2C#N)ccc2c1-c1ccccc1-c1ccccc1-c1cc(-n3c4ccccc4c4ccccc43)ccc1-2. The van der Waals surface area contributed by atoms with Crippen LogP contribution in [0.15, 0.2) is 225 Å². The van der Waals surface area contributed by atoms with Crippen LogP contribution in [0, 0.1) is 25.0 Å². The molecule has 0 atom stereocenters. The summed E-state index contributed by atoms with van der Waals surface area (Å²) in [5.41, 5.74) is 17.8. The van der Waals surface area contributed by atoms with Gasteiger partial charge in [0.15, 0.2) is 0 Å². The van der Waals surface area contributed by atoms with Gasteiger partial charge in [0.25, 0.3) is 0 Å². The van der Waals surface area contributed by atoms with Gasteiger partial charge in [-0.2, -0.15) is 5.26 Å². The highest BCUT2D eigenvalue weighted by molar-refractivity contribution is 6.11. The van der Waals surface area contributed by atoms with Crippen molar-refractivity contribution in [2.75, 3.05) is 0 Å². The van der Waals surface area contributed by atoms with Gasteiger partial charge in [0, 0.05) is 53.1 Å². The summed E-state index contributed by atoms with van der Waals surface area (Å²) in [5, 5.41) is 13.8. The van der Waals surface area contributed by atoms with Gasteiger partial charge in [-0.15, -0.1) is 0 Å². The van der Waals surface area contributed by atoms with E-state index in [9.17, 15) is 13.5 Å². The lowest BCUT2D eigenvalue weighted by Gasteiger charge is -2.26. The molecule has 3 nitrogen and oxygen atoms in total. The normalized spacial score (nSPS) is 13.4. The number of hydrogen-bond donors (Lipinski definition) is 0. The van der Waals surface area contributed by atoms with E-state index in [0.717, 1.165) is 99.9 Å². The van der Waals surface area contributed by atoms with Gasteiger partial charge in [-0.1, -0.05) is 188 Å². The van der Waals surface area contributed by atoms with E-state index < -0.39 is 13.7 Å². The van der Waals surface area contributed by atoms with Crippen LogP contribution in [0.3, 0.4) is 0 Å². The van der Waals surface area contributed by atoms with Crippen molar-refractivity contribution in [3.63, 3.8) is 0 Å². The molecule has 3 heteroatoms. The van der Waals surface area contributed by atoms with Gasteiger partial charge in [-0.05, 0) is 139 Å². The molecule has 71 heavy (non-hydrogen) atoms. The highest BCUT2D eigenvalue weighted by Gasteiger charge is 2.29. The lowest BCUT2D eigenvalue weighted by Crippen LogP contribution is -2.03. The molecule has 12 aromatic rings. The molecule has 0 amide bonds. The summed E-state index contributed by atoms with van der Waals surface area (Å²) in [6, 6.07) is 74.8. The summed E-state index contributed by atoms with van der Waals surface area (Å²) in [7, 11) is 0. The zero-order valence-corrected chi connectivity index (χ0v) is 38.2. The smallest absolute Gasteiger partial charge is 0.100 e. The Bertz CT molecular complexity index is 4450. The van der Waals surface area contributed by atoms with E-state index in [1.165, 1.54) is 0 Å². The molecule has 14 rings (SSSR count). The van der Waals surface area contributed by atoms with E-state index in [1.807, 2.05) is 109 Å². The molecule has 0 unspecified atom stereocenters. The maximum atomic E-state index is 11.5. The lowest BCUT2D eigenvalue weighted by atomic mass is 9.77. The van der Waals surface area contributed by atoms with Crippen molar-refractivity contribution in [1.82, 2.24) is 9.55 Å². The molecular formula is C68H43N3. The van der Waals surface area contributed by atoms with Crippen LogP contribution in [0.5, 0.6) is 0 Å². The van der Waals surface area contributed by atoms with Crippen LogP contribution in [0.1, 0.15) is 24.9 Å². The molecule has 0 saturated heterocycles. The number of rotatable bonds is 3. The summed E-state index contributed by atoms with van der Waals surface area (Å²) in [6.45, 7) is -5.38. The average Bonchev–Trinajstić information content (AvgIpc) is 3.93. The van der Waals surface area contributed by atoms with Crippen LogP contribution >= 0.6 is 0 Å². The molecule has 0 fully saturated rings. The van der Waals surface area contributed by atoms with Crippen molar-refractivity contribution in [2.24, 2.45) is 0 Å². The molecule has 2 heterocycles. The number of para-hydroxylation sites is 2. The quantitative estimate of drug-likeness (QED) is 0.177. The lowest BCUT2D eigenvalue weighted by molar-refractivity contribution is 1.18. The molecule has 0 saturated carbocycles. The molecule has 0 aliphatic heterocycles. The standard InChI is InChI=1S/C68H43N3/c1-41-44(46-27-15-28-47(63(46)40-69)45-35-37-59-61-29-16-38-70-68(61)60-26-10-7-20-51(60)50-19-6-9-25-57(50)67(59)42(45)2)34-36-58-53-33-32-43(71-64-30-13-11-22-54(64)55-23-12-14-31-65(55)71)39-62(53)52-21-4-3-17-48(52)49-18-5-8-24-56(49)66(41)58/h3-39H,1-2H3/i1D3,2D3. The van der Waals surface area contributed by atoms with Crippen molar-refractivity contribution in [2.45, 2.75) is 13.7 Å². The van der Waals surface area contributed by atoms with E-state index in [1.54, 1.807) is 30.5 Å². The summed E-state index contributed by atoms with van der Waals surface area (Å²) >= 11 is 0. The average molecular weight is 908 g/mol. The van der Waals surface area contributed by atoms with Gasteiger partial charge in [0.05, 0.1) is 22.3 Å². The van der Waals surface area contributed by atoms with Gasteiger partial charge >= 0.3 is 0 Å². The Kier molecular flexibility index (Phi) is 7.78. The Balaban J connectivity index is 1.03. The maximum Gasteiger partial charge on any atom is 0.100 e. The predicted octanol–water partition coefficient (Wildman–Crippen LogP) is 18.0. The number of benzene rings is 10. The third-order valence-corrected chi connectivity index (χ3v) is 14.8. The molecule has 2 aromatic heterocycles. The van der Waals surface area contributed by atoms with E-state index >= 15 is 0 Å². The third kappa shape index (κ3) is 5.99. The first kappa shape index (κ1) is 34.9. The second-order valence-electron chi connectivity index (χ2n) is 18.3. The Morgan fingerprint density at radius 2 is 0.775 bits per heavy atom. The first-order valence-electron chi connectivity index (χ1n) is 26.8. The fourth-order valence-corrected chi connectivity index (χ4v) is 11.7. The first-order chi connectivity index (χ1) is 37.5. The molecule has 2 aliphatic rings. The van der Waals surface area contributed by atoms with E-state index in [4.69, 9.17) is 4.98 Å². The van der Waals surface area contributed by atoms with Gasteiger partial charge < -0.3 is 4.57 Å². The van der Waals surface area contributed by atoms with Crippen LogP contribution in [0.25, 0.3) is 139 Å². The molecule has 330 valence electrons. The minimum atomic E-state index is -2.70. The molecule has 2 aliphatic carbocycles. The van der Waals surface area contributed by atoms with Crippen LogP contribution < -0.4 is 0 Å². The number of aromatic nitrogens is 2. The Hall–Kier alpha value is -9.36. The third-order valence-electron chi connectivity index (χ3n) is 14.8. The van der Waals surface area contributed by atoms with Gasteiger partial charge in [0.2, 0.25) is 0 Å². The molecule has 0 spiro atoms. The zero-order chi connectivity index (χ0) is 52.3. The van der Waals surface area contributed by atoms with Gasteiger partial charge in [-0.3, -0.25) is 4.98 Å². The van der Waals surface area contributed by atoms with Crippen LogP contribution in [-0.2, 0) is 0 Å². The minimum Gasteiger partial charge on any atom is -0.309 e. The minimum absolute atomic E-state index is 0.0870. The van der Waals surface area contributed by atoms with Gasteiger partial charge in [-0.25, -0.2) is 0 Å². The number of hydrogen-bond acceptors (Lipinski definition) is 2. The molecule has 10 aromatic carbocycles. The topological polar surface area (TPSA) is 41.6 Å². The van der Waals surface area contributed by atoms with Crippen LogP contribution in [0.2, 0.25) is 0 Å². The highest BCUT2D eigenvalue weighted by atomic mass is 15.0. The van der Waals surface area contributed by atoms with Crippen molar-refractivity contribution in [3.8, 4) is 123 Å². The largest absolute Gasteiger partial charge is 0.309 e. The Morgan fingerprint density at radius 1 is 0.366 bits per heavy atom. The highest BCUT2D eigenvalue weighted by Crippen LogP contribution is 2.53. The van der Waals surface area contributed by atoms with Crippen molar-refractivity contribution < 1.29 is 8.22 Å². The van der Waals surface area contributed by atoms with Crippen molar-refractivity contribution in [1.29, 1.82) is 5.26 Å². The number of nitrogens with zero attached hydrogens (tertiary/aromatic N) is 3. The monoisotopic (exact) mass is 907 g/mol.